The van der Waals surface area contributed by atoms with Crippen molar-refractivity contribution in [1.29, 1.82) is 0 Å². The summed E-state index contributed by atoms with van der Waals surface area (Å²) in [6, 6.07) is 3.43. The van der Waals surface area contributed by atoms with E-state index in [1.807, 2.05) is 0 Å². The third-order valence-corrected chi connectivity index (χ3v) is 2.46. The predicted octanol–water partition coefficient (Wildman–Crippen LogP) is 1.25. The molecule has 0 radical (unpaired) electrons. The lowest BCUT2D eigenvalue weighted by atomic mass is 10.1. The predicted molar refractivity (Wildman–Crippen MR) is 59.8 cm³/mol. The van der Waals surface area contributed by atoms with E-state index in [4.69, 9.17) is 6.42 Å². The number of hydrogen-bond acceptors (Lipinski definition) is 2. The number of urea groups is 1. The molecule has 0 spiro atoms. The smallest absolute Gasteiger partial charge is 0.291 e. The van der Waals surface area contributed by atoms with Gasteiger partial charge < -0.3 is 0 Å². The number of nitrogens with one attached hydrogen (secondary N) is 1. The number of nitrogens with zero attached hydrogens (tertiary/aromatic N) is 1. The molecule has 1 saturated heterocycles. The maximum Gasteiger partial charge on any atom is 0.328 e. The zero-order valence-electron chi connectivity index (χ0n) is 8.87. The van der Waals surface area contributed by atoms with E-state index in [0.29, 0.717) is 5.56 Å². The van der Waals surface area contributed by atoms with E-state index < -0.39 is 11.8 Å². The van der Waals surface area contributed by atoms with Gasteiger partial charge in [0, 0.05) is 18.5 Å². The minimum atomic E-state index is -0.630. The number of amides is 3. The first-order chi connectivity index (χ1) is 8.11. The fourth-order valence-corrected chi connectivity index (χ4v) is 1.60. The maximum atomic E-state index is 13.6. The molecule has 4 nitrogen and oxygen atoms in total. The van der Waals surface area contributed by atoms with Crippen molar-refractivity contribution in [3.63, 3.8) is 0 Å². The molecule has 0 aliphatic carbocycles. The molecule has 2 rings (SSSR count). The summed E-state index contributed by atoms with van der Waals surface area (Å²) in [6.07, 6.45) is 5.35. The molecule has 1 aromatic rings. The molecule has 1 aliphatic rings. The van der Waals surface area contributed by atoms with Crippen LogP contribution in [0.5, 0.6) is 0 Å². The van der Waals surface area contributed by atoms with Gasteiger partial charge in [-0.2, -0.15) is 0 Å². The van der Waals surface area contributed by atoms with Crippen molar-refractivity contribution in [2.45, 2.75) is 6.42 Å². The second-order valence-corrected chi connectivity index (χ2v) is 3.57. The number of imide groups is 1. The van der Waals surface area contributed by atoms with Crippen molar-refractivity contribution in [3.05, 3.63) is 29.6 Å². The lowest BCUT2D eigenvalue weighted by molar-refractivity contribution is -0.120. The SMILES string of the molecule is C#Cc1ccc(F)c(N2CCC(=O)NC2=O)c1. The summed E-state index contributed by atoms with van der Waals surface area (Å²) in [7, 11) is 0. The van der Waals surface area contributed by atoms with Gasteiger partial charge in [-0.3, -0.25) is 15.0 Å². The molecule has 1 fully saturated rings. The van der Waals surface area contributed by atoms with Crippen LogP contribution in [0.4, 0.5) is 14.9 Å². The van der Waals surface area contributed by atoms with Gasteiger partial charge in [0.15, 0.2) is 0 Å². The van der Waals surface area contributed by atoms with Gasteiger partial charge in [-0.15, -0.1) is 6.42 Å². The van der Waals surface area contributed by atoms with Gasteiger partial charge in [-0.25, -0.2) is 9.18 Å². The Morgan fingerprint density at radius 2 is 2.18 bits per heavy atom. The molecule has 0 bridgehead atoms. The quantitative estimate of drug-likeness (QED) is 0.741. The molecular formula is C12H9FN2O2. The Kier molecular flexibility index (Phi) is 2.79. The third kappa shape index (κ3) is 2.11. The maximum absolute atomic E-state index is 13.6. The summed E-state index contributed by atoms with van der Waals surface area (Å²) in [5.74, 6) is 1.46. The minimum absolute atomic E-state index is 0.0884. The first-order valence-corrected chi connectivity index (χ1v) is 4.99. The number of terminal acetylenes is 1. The molecule has 1 heterocycles. The Morgan fingerprint density at radius 1 is 1.41 bits per heavy atom. The lowest BCUT2D eigenvalue weighted by Gasteiger charge is -2.26. The highest BCUT2D eigenvalue weighted by Gasteiger charge is 2.26. The second-order valence-electron chi connectivity index (χ2n) is 3.57. The largest absolute Gasteiger partial charge is 0.328 e. The number of carbonyl (C=O) groups is 2. The average molecular weight is 232 g/mol. The van der Waals surface area contributed by atoms with E-state index in [9.17, 15) is 14.0 Å². The van der Waals surface area contributed by atoms with Crippen molar-refractivity contribution in [2.24, 2.45) is 0 Å². The Balaban J connectivity index is 2.37. The van der Waals surface area contributed by atoms with Gasteiger partial charge in [0.25, 0.3) is 0 Å². The summed E-state index contributed by atoms with van der Waals surface area (Å²) >= 11 is 0. The van der Waals surface area contributed by atoms with E-state index in [0.717, 1.165) is 4.90 Å². The van der Waals surface area contributed by atoms with Crippen molar-refractivity contribution < 1.29 is 14.0 Å². The standard InChI is InChI=1S/C12H9FN2O2/c1-2-8-3-4-9(13)10(7-8)15-6-5-11(16)14-12(15)17/h1,3-4,7H,5-6H2,(H,14,16,17). The lowest BCUT2D eigenvalue weighted by Crippen LogP contribution is -2.49. The van der Waals surface area contributed by atoms with Crippen LogP contribution in [0.1, 0.15) is 12.0 Å². The summed E-state index contributed by atoms with van der Waals surface area (Å²) < 4.78 is 13.6. The van der Waals surface area contributed by atoms with Crippen molar-refractivity contribution in [1.82, 2.24) is 5.32 Å². The van der Waals surface area contributed by atoms with Crippen molar-refractivity contribution in [3.8, 4) is 12.3 Å². The van der Waals surface area contributed by atoms with Crippen LogP contribution in [0.2, 0.25) is 0 Å². The molecule has 5 heteroatoms. The molecule has 0 atom stereocenters. The summed E-state index contributed by atoms with van der Waals surface area (Å²) in [5, 5.41) is 2.12. The molecule has 0 aromatic heterocycles. The van der Waals surface area contributed by atoms with Gasteiger partial charge in [0.2, 0.25) is 5.91 Å². The Morgan fingerprint density at radius 3 is 2.82 bits per heavy atom. The highest BCUT2D eigenvalue weighted by molar-refractivity contribution is 6.05. The number of benzene rings is 1. The van der Waals surface area contributed by atoms with Gasteiger partial charge in [-0.1, -0.05) is 5.92 Å². The Hall–Kier alpha value is -2.35. The molecule has 1 aromatic carbocycles. The molecule has 3 amide bonds. The fraction of sp³-hybridized carbons (Fsp3) is 0.167. The first-order valence-electron chi connectivity index (χ1n) is 4.99. The molecule has 17 heavy (non-hydrogen) atoms. The number of halogens is 1. The van der Waals surface area contributed by atoms with E-state index in [-0.39, 0.29) is 24.6 Å². The van der Waals surface area contributed by atoms with Crippen LogP contribution in [0, 0.1) is 18.2 Å². The Labute approximate surface area is 97.4 Å². The Bertz CT molecular complexity index is 534. The van der Waals surface area contributed by atoms with Gasteiger partial charge in [0.05, 0.1) is 5.69 Å². The number of carbonyl (C=O) groups excluding carboxylic acids is 2. The zero-order chi connectivity index (χ0) is 12.4. The highest BCUT2D eigenvalue weighted by atomic mass is 19.1. The number of anilines is 1. The van der Waals surface area contributed by atoms with Crippen molar-refractivity contribution >= 4 is 17.6 Å². The molecule has 0 unspecified atom stereocenters. The van der Waals surface area contributed by atoms with Crippen LogP contribution < -0.4 is 10.2 Å². The average Bonchev–Trinajstić information content (AvgIpc) is 2.30. The zero-order valence-corrected chi connectivity index (χ0v) is 8.87. The van der Waals surface area contributed by atoms with Crippen LogP contribution in [-0.2, 0) is 4.79 Å². The highest BCUT2D eigenvalue weighted by Crippen LogP contribution is 2.22. The summed E-state index contributed by atoms with van der Waals surface area (Å²) in [4.78, 5) is 23.7. The van der Waals surface area contributed by atoms with Crippen LogP contribution in [0.3, 0.4) is 0 Å². The minimum Gasteiger partial charge on any atom is -0.291 e. The monoisotopic (exact) mass is 232 g/mol. The summed E-state index contributed by atoms with van der Waals surface area (Å²) in [6.45, 7) is 0.148. The fourth-order valence-electron chi connectivity index (χ4n) is 1.60. The van der Waals surface area contributed by atoms with Gasteiger partial charge in [0.1, 0.15) is 5.82 Å². The van der Waals surface area contributed by atoms with E-state index in [2.05, 4.69) is 11.2 Å². The molecule has 86 valence electrons. The van der Waals surface area contributed by atoms with Gasteiger partial charge >= 0.3 is 6.03 Å². The topological polar surface area (TPSA) is 49.4 Å². The van der Waals surface area contributed by atoms with Crippen molar-refractivity contribution in [2.75, 3.05) is 11.4 Å². The van der Waals surface area contributed by atoms with E-state index in [1.165, 1.54) is 18.2 Å². The second kappa shape index (κ2) is 4.26. The number of rotatable bonds is 1. The number of hydrogen-bond donors (Lipinski definition) is 1. The molecule has 1 aliphatic heterocycles. The van der Waals surface area contributed by atoms with Crippen LogP contribution in [0.25, 0.3) is 0 Å². The van der Waals surface area contributed by atoms with Crippen LogP contribution in [-0.4, -0.2) is 18.5 Å². The first kappa shape index (κ1) is 11.1. The molecule has 1 N–H and O–H groups in total. The van der Waals surface area contributed by atoms with Gasteiger partial charge in [-0.05, 0) is 18.2 Å². The van der Waals surface area contributed by atoms with E-state index >= 15 is 0 Å². The van der Waals surface area contributed by atoms with Crippen LogP contribution >= 0.6 is 0 Å². The molecule has 0 saturated carbocycles. The molecular weight excluding hydrogens is 223 g/mol. The van der Waals surface area contributed by atoms with E-state index in [1.54, 1.807) is 0 Å². The normalized spacial score (nSPS) is 15.4. The third-order valence-electron chi connectivity index (χ3n) is 2.46. The van der Waals surface area contributed by atoms with Crippen LogP contribution in [0.15, 0.2) is 18.2 Å². The summed E-state index contributed by atoms with van der Waals surface area (Å²) in [5.41, 5.74) is 0.566.